The molecule has 0 spiro atoms. The van der Waals surface area contributed by atoms with Crippen molar-refractivity contribution in [3.05, 3.63) is 59.8 Å². The minimum atomic E-state index is -0.356. The van der Waals surface area contributed by atoms with Crippen molar-refractivity contribution >= 4 is 28.9 Å². The highest BCUT2D eigenvalue weighted by Gasteiger charge is 2.09. The predicted molar refractivity (Wildman–Crippen MR) is 115 cm³/mol. The van der Waals surface area contributed by atoms with E-state index in [4.69, 9.17) is 15.2 Å². The summed E-state index contributed by atoms with van der Waals surface area (Å²) < 4.78 is 12.4. The van der Waals surface area contributed by atoms with Gasteiger partial charge in [0.2, 0.25) is 11.8 Å². The molecule has 3 N–H and O–H groups in total. The lowest BCUT2D eigenvalue weighted by atomic mass is 10.1. The molecule has 3 rings (SSSR count). The van der Waals surface area contributed by atoms with E-state index >= 15 is 0 Å². The summed E-state index contributed by atoms with van der Waals surface area (Å²) in [5.41, 5.74) is 10.4. The molecular weight excluding hydrogens is 384 g/mol. The Bertz CT molecular complexity index is 1090. The number of hydrazone groups is 1. The van der Waals surface area contributed by atoms with E-state index < -0.39 is 0 Å². The molecule has 0 radical (unpaired) electrons. The Morgan fingerprint density at radius 2 is 1.90 bits per heavy atom. The van der Waals surface area contributed by atoms with Crippen molar-refractivity contribution < 1.29 is 19.1 Å². The van der Waals surface area contributed by atoms with E-state index in [0.29, 0.717) is 18.0 Å². The second-order valence-electron chi connectivity index (χ2n) is 6.67. The molecule has 8 nitrogen and oxygen atoms in total. The van der Waals surface area contributed by atoms with Gasteiger partial charge in [0.25, 0.3) is 0 Å². The second-order valence-corrected chi connectivity index (χ2v) is 6.67. The normalized spacial score (nSPS) is 11.0. The first kappa shape index (κ1) is 20.9. The fourth-order valence-corrected chi connectivity index (χ4v) is 3.18. The number of nitrogens with zero attached hydrogens (tertiary/aromatic N) is 2. The first-order valence-corrected chi connectivity index (χ1v) is 9.40. The summed E-state index contributed by atoms with van der Waals surface area (Å²) in [6.45, 7) is 0.481. The van der Waals surface area contributed by atoms with E-state index in [1.54, 1.807) is 38.6 Å². The van der Waals surface area contributed by atoms with Crippen LogP contribution in [0.15, 0.2) is 53.8 Å². The SMILES string of the molecule is COc1ccc(CC(=O)N/N=C/c2cn(CCC(N)=O)c3ccccc23)cc1OC. The van der Waals surface area contributed by atoms with Crippen LogP contribution < -0.4 is 20.6 Å². The molecule has 0 aliphatic heterocycles. The number of aromatic nitrogens is 1. The van der Waals surface area contributed by atoms with Gasteiger partial charge in [0.05, 0.1) is 26.9 Å². The third-order valence-corrected chi connectivity index (χ3v) is 4.62. The summed E-state index contributed by atoms with van der Waals surface area (Å²) in [6, 6.07) is 13.1. The molecular formula is C22H24N4O4. The van der Waals surface area contributed by atoms with Gasteiger partial charge in [-0.25, -0.2) is 5.43 Å². The van der Waals surface area contributed by atoms with Crippen LogP contribution >= 0.6 is 0 Å². The summed E-state index contributed by atoms with van der Waals surface area (Å²) >= 11 is 0. The molecule has 156 valence electrons. The number of rotatable bonds is 9. The molecule has 0 atom stereocenters. The zero-order chi connectivity index (χ0) is 21.5. The van der Waals surface area contributed by atoms with Crippen LogP contribution in [0.1, 0.15) is 17.5 Å². The van der Waals surface area contributed by atoms with Crippen LogP contribution in [-0.4, -0.2) is 36.8 Å². The number of aryl methyl sites for hydroxylation is 1. The van der Waals surface area contributed by atoms with Gasteiger partial charge in [-0.3, -0.25) is 9.59 Å². The van der Waals surface area contributed by atoms with Gasteiger partial charge in [-0.15, -0.1) is 0 Å². The number of nitrogens with two attached hydrogens (primary N) is 1. The van der Waals surface area contributed by atoms with Gasteiger partial charge in [-0.1, -0.05) is 24.3 Å². The van der Waals surface area contributed by atoms with E-state index in [1.807, 2.05) is 35.0 Å². The first-order valence-electron chi connectivity index (χ1n) is 9.40. The van der Waals surface area contributed by atoms with Gasteiger partial charge >= 0.3 is 0 Å². The lowest BCUT2D eigenvalue weighted by Crippen LogP contribution is -2.19. The number of nitrogens with one attached hydrogen (secondary N) is 1. The molecule has 3 aromatic rings. The monoisotopic (exact) mass is 408 g/mol. The van der Waals surface area contributed by atoms with Gasteiger partial charge in [0.15, 0.2) is 11.5 Å². The lowest BCUT2D eigenvalue weighted by Gasteiger charge is -2.09. The molecule has 1 heterocycles. The second kappa shape index (κ2) is 9.60. The molecule has 8 heteroatoms. The molecule has 0 fully saturated rings. The van der Waals surface area contributed by atoms with E-state index in [1.165, 1.54) is 0 Å². The smallest absolute Gasteiger partial charge is 0.244 e. The molecule has 2 amide bonds. The highest BCUT2D eigenvalue weighted by Crippen LogP contribution is 2.27. The topological polar surface area (TPSA) is 108 Å². The van der Waals surface area contributed by atoms with Crippen LogP contribution in [0.25, 0.3) is 10.9 Å². The largest absolute Gasteiger partial charge is 0.493 e. The number of para-hydroxylation sites is 1. The Balaban J connectivity index is 1.68. The van der Waals surface area contributed by atoms with Crippen LogP contribution in [0.2, 0.25) is 0 Å². The summed E-state index contributed by atoms with van der Waals surface area (Å²) in [5, 5.41) is 5.06. The minimum absolute atomic E-state index is 0.151. The van der Waals surface area contributed by atoms with Crippen LogP contribution in [0.5, 0.6) is 11.5 Å². The van der Waals surface area contributed by atoms with Gasteiger partial charge in [-0.2, -0.15) is 5.10 Å². The number of carbonyl (C=O) groups excluding carboxylic acids is 2. The average molecular weight is 408 g/mol. The number of benzene rings is 2. The maximum absolute atomic E-state index is 12.2. The van der Waals surface area contributed by atoms with Crippen molar-refractivity contribution in [3.8, 4) is 11.5 Å². The van der Waals surface area contributed by atoms with E-state index in [-0.39, 0.29) is 24.7 Å². The first-order chi connectivity index (χ1) is 14.5. The van der Waals surface area contributed by atoms with E-state index in [9.17, 15) is 9.59 Å². The predicted octanol–water partition coefficient (Wildman–Crippen LogP) is 2.23. The molecule has 2 aromatic carbocycles. The molecule has 30 heavy (non-hydrogen) atoms. The number of methoxy groups -OCH3 is 2. The number of ether oxygens (including phenoxy) is 2. The Kier molecular flexibility index (Phi) is 6.69. The van der Waals surface area contributed by atoms with Crippen molar-refractivity contribution in [2.24, 2.45) is 10.8 Å². The van der Waals surface area contributed by atoms with Crippen LogP contribution in [0.4, 0.5) is 0 Å². The lowest BCUT2D eigenvalue weighted by molar-refractivity contribution is -0.120. The standard InChI is InChI=1S/C22H24N4O4/c1-29-19-8-7-15(11-20(19)30-2)12-22(28)25-24-13-16-14-26(10-9-21(23)27)18-6-4-3-5-17(16)18/h3-8,11,13-14H,9-10,12H2,1-2H3,(H2,23,27)(H,25,28)/b24-13+. The molecule has 1 aromatic heterocycles. The maximum atomic E-state index is 12.2. The molecule has 0 saturated carbocycles. The number of hydrogen-bond acceptors (Lipinski definition) is 5. The van der Waals surface area contributed by atoms with Crippen LogP contribution in [-0.2, 0) is 22.6 Å². The number of fused-ring (bicyclic) bond motifs is 1. The molecule has 0 unspecified atom stereocenters. The van der Waals surface area contributed by atoms with Gasteiger partial charge in [-0.05, 0) is 23.8 Å². The quantitative estimate of drug-likeness (QED) is 0.418. The van der Waals surface area contributed by atoms with Crippen LogP contribution in [0, 0.1) is 0 Å². The summed E-state index contributed by atoms with van der Waals surface area (Å²) in [6.07, 6.45) is 3.88. The Hall–Kier alpha value is -3.81. The summed E-state index contributed by atoms with van der Waals surface area (Å²) in [7, 11) is 3.11. The van der Waals surface area contributed by atoms with Crippen molar-refractivity contribution in [2.45, 2.75) is 19.4 Å². The number of primary amides is 1. The Morgan fingerprint density at radius 3 is 2.63 bits per heavy atom. The fourth-order valence-electron chi connectivity index (χ4n) is 3.18. The number of carbonyl (C=O) groups is 2. The molecule has 0 bridgehead atoms. The van der Waals surface area contributed by atoms with Gasteiger partial charge in [0.1, 0.15) is 0 Å². The number of amides is 2. The minimum Gasteiger partial charge on any atom is -0.493 e. The van der Waals surface area contributed by atoms with Crippen molar-refractivity contribution in [3.63, 3.8) is 0 Å². The third kappa shape index (κ3) is 4.96. The highest BCUT2D eigenvalue weighted by molar-refractivity contribution is 5.99. The van der Waals surface area contributed by atoms with Crippen molar-refractivity contribution in [1.29, 1.82) is 0 Å². The zero-order valence-electron chi connectivity index (χ0n) is 16.9. The maximum Gasteiger partial charge on any atom is 0.244 e. The molecule has 0 saturated heterocycles. The van der Waals surface area contributed by atoms with E-state index in [0.717, 1.165) is 22.0 Å². The number of hydrogen-bond donors (Lipinski definition) is 2. The van der Waals surface area contributed by atoms with Crippen molar-refractivity contribution in [2.75, 3.05) is 14.2 Å². The molecule has 0 aliphatic carbocycles. The van der Waals surface area contributed by atoms with Gasteiger partial charge < -0.3 is 19.8 Å². The fraction of sp³-hybridized carbons (Fsp3) is 0.227. The summed E-state index contributed by atoms with van der Waals surface area (Å²) in [5.74, 6) is 0.559. The molecule has 0 aliphatic rings. The third-order valence-electron chi connectivity index (χ3n) is 4.62. The Morgan fingerprint density at radius 1 is 1.13 bits per heavy atom. The van der Waals surface area contributed by atoms with Crippen molar-refractivity contribution in [1.82, 2.24) is 9.99 Å². The highest BCUT2D eigenvalue weighted by atomic mass is 16.5. The Labute approximate surface area is 174 Å². The average Bonchev–Trinajstić information content (AvgIpc) is 3.10. The summed E-state index contributed by atoms with van der Waals surface area (Å²) in [4.78, 5) is 23.4. The zero-order valence-corrected chi connectivity index (χ0v) is 16.9. The van der Waals surface area contributed by atoms with E-state index in [2.05, 4.69) is 10.5 Å². The van der Waals surface area contributed by atoms with Gasteiger partial charge in [0, 0.05) is 35.6 Å². The van der Waals surface area contributed by atoms with Crippen LogP contribution in [0.3, 0.4) is 0 Å².